The fourth-order valence-electron chi connectivity index (χ4n) is 3.41. The highest BCUT2D eigenvalue weighted by atomic mass is 32.2. The van der Waals surface area contributed by atoms with E-state index in [1.54, 1.807) is 43.3 Å². The Labute approximate surface area is 201 Å². The molecule has 0 aliphatic heterocycles. The van der Waals surface area contributed by atoms with E-state index in [1.807, 2.05) is 31.2 Å². The Hall–Kier alpha value is -3.17. The number of sulfone groups is 1. The quantitative estimate of drug-likeness (QED) is 0.506. The molecule has 0 aliphatic rings. The maximum absolute atomic E-state index is 12.7. The van der Waals surface area contributed by atoms with Gasteiger partial charge in [-0.25, -0.2) is 16.8 Å². The molecular weight excluding hydrogens is 472 g/mol. The van der Waals surface area contributed by atoms with Crippen molar-refractivity contribution in [2.75, 3.05) is 16.8 Å². The maximum Gasteiger partial charge on any atom is 0.251 e. The molecule has 0 bridgehead atoms. The number of anilines is 1. The van der Waals surface area contributed by atoms with Crippen LogP contribution in [0.5, 0.6) is 0 Å². The number of benzene rings is 3. The Kier molecular flexibility index (Phi) is 7.48. The summed E-state index contributed by atoms with van der Waals surface area (Å²) in [6.07, 6.45) is 2.29. The molecule has 0 saturated carbocycles. The van der Waals surface area contributed by atoms with Gasteiger partial charge in [0.1, 0.15) is 0 Å². The van der Waals surface area contributed by atoms with Crippen molar-refractivity contribution >= 4 is 31.5 Å². The Bertz CT molecular complexity index is 1360. The minimum absolute atomic E-state index is 0.186. The molecule has 1 amide bonds. The van der Waals surface area contributed by atoms with Crippen molar-refractivity contribution in [2.24, 2.45) is 0 Å². The van der Waals surface area contributed by atoms with Gasteiger partial charge in [0.05, 0.1) is 29.4 Å². The van der Waals surface area contributed by atoms with E-state index in [1.165, 1.54) is 16.4 Å². The molecule has 3 aromatic rings. The predicted molar refractivity (Wildman–Crippen MR) is 134 cm³/mol. The van der Waals surface area contributed by atoms with Gasteiger partial charge in [0.15, 0.2) is 9.84 Å². The van der Waals surface area contributed by atoms with Crippen LogP contribution >= 0.6 is 0 Å². The lowest BCUT2D eigenvalue weighted by Crippen LogP contribution is -2.29. The molecule has 34 heavy (non-hydrogen) atoms. The van der Waals surface area contributed by atoms with E-state index < -0.39 is 19.9 Å². The highest BCUT2D eigenvalue weighted by Gasteiger charge is 2.19. The van der Waals surface area contributed by atoms with Crippen LogP contribution in [0.1, 0.15) is 40.0 Å². The third kappa shape index (κ3) is 6.45. The van der Waals surface area contributed by atoms with Gasteiger partial charge in [0.25, 0.3) is 5.91 Å². The van der Waals surface area contributed by atoms with Gasteiger partial charge in [-0.15, -0.1) is 0 Å². The molecule has 1 atom stereocenters. The SMILES string of the molecule is Cc1ccc(CN(c2ccc(C(=O)N[C@H](C)c3ccc(S(C)(=O)=O)cc3)cc2)S(C)(=O)=O)cc1. The summed E-state index contributed by atoms with van der Waals surface area (Å²) in [6, 6.07) is 20.0. The molecule has 0 aliphatic carbocycles. The van der Waals surface area contributed by atoms with E-state index in [0.717, 1.165) is 29.2 Å². The molecule has 1 N–H and O–H groups in total. The number of hydrogen-bond acceptors (Lipinski definition) is 5. The fourth-order valence-corrected chi connectivity index (χ4v) is 4.92. The van der Waals surface area contributed by atoms with Crippen molar-refractivity contribution in [3.8, 4) is 0 Å². The Morgan fingerprint density at radius 1 is 0.853 bits per heavy atom. The van der Waals surface area contributed by atoms with Gasteiger partial charge < -0.3 is 5.32 Å². The molecule has 0 aromatic heterocycles. The minimum Gasteiger partial charge on any atom is -0.346 e. The summed E-state index contributed by atoms with van der Waals surface area (Å²) in [6.45, 7) is 3.95. The zero-order valence-corrected chi connectivity index (χ0v) is 21.2. The smallest absolute Gasteiger partial charge is 0.251 e. The predicted octanol–water partition coefficient (Wildman–Crippen LogP) is 3.86. The van der Waals surface area contributed by atoms with Crippen LogP contribution in [0.25, 0.3) is 0 Å². The molecule has 0 heterocycles. The summed E-state index contributed by atoms with van der Waals surface area (Å²) in [5, 5.41) is 2.87. The van der Waals surface area contributed by atoms with Crippen LogP contribution in [-0.2, 0) is 26.4 Å². The average Bonchev–Trinajstić information content (AvgIpc) is 2.77. The summed E-state index contributed by atoms with van der Waals surface area (Å²) in [4.78, 5) is 12.9. The van der Waals surface area contributed by atoms with Crippen LogP contribution in [0.3, 0.4) is 0 Å². The third-order valence-electron chi connectivity index (χ3n) is 5.42. The first-order chi connectivity index (χ1) is 15.8. The first-order valence-electron chi connectivity index (χ1n) is 10.6. The molecule has 9 heteroatoms. The minimum atomic E-state index is -3.54. The first kappa shape index (κ1) is 25.5. The lowest BCUT2D eigenvalue weighted by molar-refractivity contribution is 0.0940. The molecule has 0 unspecified atom stereocenters. The van der Waals surface area contributed by atoms with Gasteiger partial charge in [-0.3, -0.25) is 9.10 Å². The standard InChI is InChI=1S/C25H28N2O5S2/c1-18-5-7-20(8-6-18)17-27(34(4,31)32)23-13-9-22(10-14-23)25(28)26-19(2)21-11-15-24(16-12-21)33(3,29)30/h5-16,19H,17H2,1-4H3,(H,26,28)/t19-/m1/s1. The zero-order valence-electron chi connectivity index (χ0n) is 19.5. The highest BCUT2D eigenvalue weighted by Crippen LogP contribution is 2.22. The number of sulfonamides is 1. The number of rotatable bonds is 8. The van der Waals surface area contributed by atoms with Gasteiger partial charge in [-0.2, -0.15) is 0 Å². The number of amides is 1. The Morgan fingerprint density at radius 3 is 1.91 bits per heavy atom. The van der Waals surface area contributed by atoms with Crippen molar-refractivity contribution in [1.82, 2.24) is 5.32 Å². The normalized spacial score (nSPS) is 12.7. The van der Waals surface area contributed by atoms with Crippen molar-refractivity contribution < 1.29 is 21.6 Å². The lowest BCUT2D eigenvalue weighted by atomic mass is 10.1. The van der Waals surface area contributed by atoms with Crippen molar-refractivity contribution in [3.05, 3.63) is 95.1 Å². The third-order valence-corrected chi connectivity index (χ3v) is 7.69. The van der Waals surface area contributed by atoms with Gasteiger partial charge in [0, 0.05) is 11.8 Å². The van der Waals surface area contributed by atoms with E-state index in [2.05, 4.69) is 5.32 Å². The molecule has 7 nitrogen and oxygen atoms in total. The van der Waals surface area contributed by atoms with E-state index in [4.69, 9.17) is 0 Å². The fraction of sp³-hybridized carbons (Fsp3) is 0.240. The summed E-state index contributed by atoms with van der Waals surface area (Å²) in [7, 11) is -6.83. The van der Waals surface area contributed by atoms with E-state index in [0.29, 0.717) is 11.3 Å². The maximum atomic E-state index is 12.7. The van der Waals surface area contributed by atoms with E-state index in [9.17, 15) is 21.6 Å². The molecular formula is C25H28N2O5S2. The first-order valence-corrected chi connectivity index (χ1v) is 14.3. The Balaban J connectivity index is 1.73. The lowest BCUT2D eigenvalue weighted by Gasteiger charge is -2.23. The number of carbonyl (C=O) groups is 1. The van der Waals surface area contributed by atoms with Crippen LogP contribution in [-0.4, -0.2) is 35.3 Å². The Morgan fingerprint density at radius 2 is 1.41 bits per heavy atom. The zero-order chi connectivity index (χ0) is 25.1. The van der Waals surface area contributed by atoms with Crippen molar-refractivity contribution in [3.63, 3.8) is 0 Å². The number of carbonyl (C=O) groups excluding carboxylic acids is 1. The second-order valence-electron chi connectivity index (χ2n) is 8.34. The topological polar surface area (TPSA) is 101 Å². The summed E-state index contributed by atoms with van der Waals surface area (Å²) in [5.74, 6) is -0.323. The van der Waals surface area contributed by atoms with E-state index >= 15 is 0 Å². The summed E-state index contributed by atoms with van der Waals surface area (Å²) in [5.41, 5.74) is 3.55. The number of aryl methyl sites for hydroxylation is 1. The second kappa shape index (κ2) is 9.99. The molecule has 0 saturated heterocycles. The van der Waals surface area contributed by atoms with Crippen molar-refractivity contribution in [2.45, 2.75) is 31.3 Å². The average molecular weight is 501 g/mol. The van der Waals surface area contributed by atoms with Gasteiger partial charge >= 0.3 is 0 Å². The molecule has 3 rings (SSSR count). The highest BCUT2D eigenvalue weighted by molar-refractivity contribution is 7.92. The van der Waals surface area contributed by atoms with Crippen LogP contribution in [0.2, 0.25) is 0 Å². The van der Waals surface area contributed by atoms with Crippen LogP contribution in [0.15, 0.2) is 77.7 Å². The van der Waals surface area contributed by atoms with E-state index in [-0.39, 0.29) is 23.4 Å². The summed E-state index contributed by atoms with van der Waals surface area (Å²) < 4.78 is 49.4. The second-order valence-corrected chi connectivity index (χ2v) is 12.3. The molecule has 180 valence electrons. The molecule has 0 spiro atoms. The van der Waals surface area contributed by atoms with Gasteiger partial charge in [-0.1, -0.05) is 42.0 Å². The number of nitrogens with one attached hydrogen (secondary N) is 1. The largest absolute Gasteiger partial charge is 0.346 e. The molecule has 0 fully saturated rings. The number of nitrogens with zero attached hydrogens (tertiary/aromatic N) is 1. The monoisotopic (exact) mass is 500 g/mol. The van der Waals surface area contributed by atoms with Crippen molar-refractivity contribution in [1.29, 1.82) is 0 Å². The van der Waals surface area contributed by atoms with Gasteiger partial charge in [-0.05, 0) is 61.4 Å². The van der Waals surface area contributed by atoms with Crippen LogP contribution in [0, 0.1) is 6.92 Å². The van der Waals surface area contributed by atoms with Gasteiger partial charge in [0.2, 0.25) is 10.0 Å². The van der Waals surface area contributed by atoms with Crippen LogP contribution < -0.4 is 9.62 Å². The summed E-state index contributed by atoms with van der Waals surface area (Å²) >= 11 is 0. The van der Waals surface area contributed by atoms with Crippen LogP contribution in [0.4, 0.5) is 5.69 Å². The number of hydrogen-bond donors (Lipinski definition) is 1. The molecule has 3 aromatic carbocycles. The molecule has 0 radical (unpaired) electrons.